The van der Waals surface area contributed by atoms with Crippen molar-refractivity contribution in [2.24, 2.45) is 63.6 Å². The number of carbonyl (C=O) groups is 1. The Bertz CT molecular complexity index is 1110. The molecule has 0 N–H and O–H groups in total. The van der Waals surface area contributed by atoms with Crippen LogP contribution in [0.5, 0.6) is 0 Å². The third-order valence-corrected chi connectivity index (χ3v) is 11.9. The lowest BCUT2D eigenvalue weighted by atomic mass is 9.44. The molecule has 4 aliphatic rings. The number of fused-ring (bicyclic) bond motifs is 5. The molecule has 0 radical (unpaired) electrons. The summed E-state index contributed by atoms with van der Waals surface area (Å²) in [5, 5.41) is 39.4. The van der Waals surface area contributed by atoms with Crippen LogP contribution in [0.3, 0.4) is 0 Å². The molecule has 0 aliphatic heterocycles. The molecule has 0 unspecified atom stereocenters. The first-order chi connectivity index (χ1) is 18.0. The number of hydrogen-bond acceptors (Lipinski definition) is 5. The Kier molecular flexibility index (Phi) is 7.84. The molecule has 8 atom stereocenters. The summed E-state index contributed by atoms with van der Waals surface area (Å²) in [4.78, 5) is 13.3. The van der Waals surface area contributed by atoms with Crippen molar-refractivity contribution in [2.75, 3.05) is 0 Å². The molecule has 38 heavy (non-hydrogen) atoms. The maximum absolute atomic E-state index is 13.3. The number of nitriles is 4. The normalized spacial score (nSPS) is 37.1. The minimum absolute atomic E-state index is 0.258. The molecule has 4 rings (SSSR count). The van der Waals surface area contributed by atoms with Gasteiger partial charge in [-0.05, 0) is 97.4 Å². The number of carbonyl (C=O) groups excluding carboxylic acids is 1. The van der Waals surface area contributed by atoms with E-state index < -0.39 is 17.3 Å². The molecule has 202 valence electrons. The quantitative estimate of drug-likeness (QED) is 0.350. The van der Waals surface area contributed by atoms with E-state index in [4.69, 9.17) is 0 Å². The van der Waals surface area contributed by atoms with Gasteiger partial charge in [0.1, 0.15) is 0 Å². The summed E-state index contributed by atoms with van der Waals surface area (Å²) in [6, 6.07) is 7.65. The highest BCUT2D eigenvalue weighted by atomic mass is 16.1. The molecule has 5 nitrogen and oxygen atoms in total. The van der Waals surface area contributed by atoms with Gasteiger partial charge in [0.25, 0.3) is 0 Å². The van der Waals surface area contributed by atoms with E-state index in [9.17, 15) is 25.8 Å². The van der Waals surface area contributed by atoms with Gasteiger partial charge in [-0.2, -0.15) is 21.0 Å². The molecule has 0 aromatic rings. The van der Waals surface area contributed by atoms with E-state index in [1.807, 2.05) is 24.3 Å². The maximum atomic E-state index is 13.3. The molecule has 0 amide bonds. The standard InChI is InChI=1S/C33H44N4O/c1-21(2)7-6-8-22(3)26-11-12-27-25-10-9-23-15-30(38)29(33(19-36,20-37)24(17-34)18-35)16-32(23,5)28(25)13-14-31(26,27)4/h15,21-22,24-29H,6-14,16H2,1-5H3/t22-,25-,26+,27-,28-,29+,31-,32+/m1/s1. The lowest BCUT2D eigenvalue weighted by Gasteiger charge is -2.59. The fourth-order valence-electron chi connectivity index (χ4n) is 9.80. The molecule has 0 bridgehead atoms. The van der Waals surface area contributed by atoms with Gasteiger partial charge in [-0.1, -0.05) is 59.5 Å². The molecule has 5 heteroatoms. The summed E-state index contributed by atoms with van der Waals surface area (Å²) < 4.78 is 0. The Morgan fingerprint density at radius 2 is 1.66 bits per heavy atom. The van der Waals surface area contributed by atoms with E-state index in [1.165, 1.54) is 38.5 Å². The Labute approximate surface area is 229 Å². The van der Waals surface area contributed by atoms with Crippen molar-refractivity contribution in [3.05, 3.63) is 11.6 Å². The largest absolute Gasteiger partial charge is 0.294 e. The van der Waals surface area contributed by atoms with Gasteiger partial charge in [0, 0.05) is 0 Å². The van der Waals surface area contributed by atoms with Gasteiger partial charge in [0.15, 0.2) is 17.1 Å². The van der Waals surface area contributed by atoms with E-state index >= 15 is 0 Å². The van der Waals surface area contributed by atoms with Crippen LogP contribution >= 0.6 is 0 Å². The van der Waals surface area contributed by atoms with Crippen LogP contribution in [0.4, 0.5) is 0 Å². The molecular formula is C33H44N4O. The van der Waals surface area contributed by atoms with E-state index in [0.29, 0.717) is 29.6 Å². The summed E-state index contributed by atoms with van der Waals surface area (Å²) in [6.07, 6.45) is 12.9. The SMILES string of the molecule is CC(C)CCC[C@@H](C)[C@@H]1CC[C@@H]2[C@H]3CCC4=CC(=O)[C@@H](C(C#N)(C#N)C(C#N)C#N)C[C@]4(C)[C@@H]3CC[C@@]21C. The predicted molar refractivity (Wildman–Crippen MR) is 145 cm³/mol. The van der Waals surface area contributed by atoms with Crippen molar-refractivity contribution in [1.29, 1.82) is 21.0 Å². The van der Waals surface area contributed by atoms with E-state index in [-0.39, 0.29) is 11.2 Å². The van der Waals surface area contributed by atoms with E-state index in [1.54, 1.807) is 6.08 Å². The Morgan fingerprint density at radius 1 is 0.974 bits per heavy atom. The lowest BCUT2D eigenvalue weighted by molar-refractivity contribution is -0.126. The van der Waals surface area contributed by atoms with Gasteiger partial charge in [0.05, 0.1) is 30.2 Å². The minimum Gasteiger partial charge on any atom is -0.294 e. The minimum atomic E-state index is -1.94. The first-order valence-electron chi connectivity index (χ1n) is 14.9. The smallest absolute Gasteiger partial charge is 0.182 e. The topological polar surface area (TPSA) is 112 Å². The van der Waals surface area contributed by atoms with Gasteiger partial charge in [-0.3, -0.25) is 4.79 Å². The Balaban J connectivity index is 1.61. The highest BCUT2D eigenvalue weighted by Crippen LogP contribution is 2.68. The van der Waals surface area contributed by atoms with Crippen molar-refractivity contribution in [2.45, 2.75) is 98.8 Å². The van der Waals surface area contributed by atoms with Gasteiger partial charge in [0.2, 0.25) is 0 Å². The number of hydrogen-bond donors (Lipinski definition) is 0. The average Bonchev–Trinajstić information content (AvgIpc) is 3.24. The number of allylic oxidation sites excluding steroid dienone is 1. The molecule has 4 aliphatic carbocycles. The number of rotatable bonds is 7. The molecule has 0 spiro atoms. The van der Waals surface area contributed by atoms with E-state index in [2.05, 4.69) is 34.6 Å². The highest BCUT2D eigenvalue weighted by Gasteiger charge is 2.62. The lowest BCUT2D eigenvalue weighted by Crippen LogP contribution is -2.54. The monoisotopic (exact) mass is 512 g/mol. The second-order valence-corrected chi connectivity index (χ2v) is 14.0. The van der Waals surface area contributed by atoms with Crippen molar-refractivity contribution in [3.63, 3.8) is 0 Å². The number of ketones is 1. The highest BCUT2D eigenvalue weighted by molar-refractivity contribution is 5.95. The van der Waals surface area contributed by atoms with Gasteiger partial charge in [-0.15, -0.1) is 0 Å². The molecule has 0 saturated heterocycles. The maximum Gasteiger partial charge on any atom is 0.182 e. The third kappa shape index (κ3) is 4.28. The zero-order valence-electron chi connectivity index (χ0n) is 24.0. The van der Waals surface area contributed by atoms with Gasteiger partial charge in [-0.25, -0.2) is 0 Å². The molecule has 0 heterocycles. The zero-order chi connectivity index (χ0) is 27.9. The van der Waals surface area contributed by atoms with Crippen molar-refractivity contribution < 1.29 is 4.79 Å². The molecule has 0 aromatic heterocycles. The fraction of sp³-hybridized carbons (Fsp3) is 0.788. The predicted octanol–water partition coefficient (Wildman–Crippen LogP) is 7.52. The van der Waals surface area contributed by atoms with Crippen LogP contribution in [-0.4, -0.2) is 5.78 Å². The summed E-state index contributed by atoms with van der Waals surface area (Å²) in [6.45, 7) is 11.9. The van der Waals surface area contributed by atoms with Crippen molar-refractivity contribution in [3.8, 4) is 24.3 Å². The van der Waals surface area contributed by atoms with Crippen molar-refractivity contribution >= 4 is 5.78 Å². The first kappa shape index (κ1) is 28.4. The van der Waals surface area contributed by atoms with Gasteiger partial charge < -0.3 is 0 Å². The third-order valence-electron chi connectivity index (χ3n) is 11.9. The van der Waals surface area contributed by atoms with Crippen LogP contribution in [-0.2, 0) is 4.79 Å². The average molecular weight is 513 g/mol. The summed E-state index contributed by atoms with van der Waals surface area (Å²) in [5.41, 5.74) is -0.699. The molecule has 3 saturated carbocycles. The first-order valence-corrected chi connectivity index (χ1v) is 14.9. The molecular weight excluding hydrogens is 468 g/mol. The molecule has 0 aromatic carbocycles. The Morgan fingerprint density at radius 3 is 2.26 bits per heavy atom. The van der Waals surface area contributed by atoms with Crippen LogP contribution in [0.25, 0.3) is 0 Å². The van der Waals surface area contributed by atoms with Crippen LogP contribution < -0.4 is 0 Å². The Hall–Kier alpha value is -2.63. The summed E-state index contributed by atoms with van der Waals surface area (Å²) in [7, 11) is 0. The summed E-state index contributed by atoms with van der Waals surface area (Å²) in [5.74, 6) is 1.28. The van der Waals surface area contributed by atoms with Gasteiger partial charge >= 0.3 is 0 Å². The zero-order valence-corrected chi connectivity index (χ0v) is 24.0. The fourth-order valence-corrected chi connectivity index (χ4v) is 9.80. The molecule has 3 fully saturated rings. The second-order valence-electron chi connectivity index (χ2n) is 14.0. The van der Waals surface area contributed by atoms with E-state index in [0.717, 1.165) is 42.6 Å². The summed E-state index contributed by atoms with van der Waals surface area (Å²) >= 11 is 0. The van der Waals surface area contributed by atoms with Crippen LogP contribution in [0.15, 0.2) is 11.6 Å². The second kappa shape index (κ2) is 10.5. The number of nitrogens with zero attached hydrogens (tertiary/aromatic N) is 4. The van der Waals surface area contributed by atoms with Crippen LogP contribution in [0, 0.1) is 109 Å². The van der Waals surface area contributed by atoms with Crippen LogP contribution in [0.1, 0.15) is 98.8 Å². The van der Waals surface area contributed by atoms with Crippen molar-refractivity contribution in [1.82, 2.24) is 0 Å². The van der Waals surface area contributed by atoms with Crippen LogP contribution in [0.2, 0.25) is 0 Å².